The molecular formula is C18H23N5O2S. The molecule has 2 heterocycles. The van der Waals surface area contributed by atoms with E-state index in [-0.39, 0.29) is 17.1 Å². The van der Waals surface area contributed by atoms with Crippen molar-refractivity contribution in [3.63, 3.8) is 0 Å². The highest BCUT2D eigenvalue weighted by molar-refractivity contribution is 7.13. The van der Waals surface area contributed by atoms with Gasteiger partial charge in [0.1, 0.15) is 0 Å². The number of rotatable bonds is 5. The molecule has 3 rings (SSSR count). The lowest BCUT2D eigenvalue weighted by atomic mass is 9.96. The molecular weight excluding hydrogens is 350 g/mol. The minimum absolute atomic E-state index is 0.133. The van der Waals surface area contributed by atoms with E-state index in [1.54, 1.807) is 4.90 Å². The molecule has 1 aliphatic heterocycles. The van der Waals surface area contributed by atoms with Crippen molar-refractivity contribution in [2.24, 2.45) is 5.73 Å². The number of hydrogen-bond donors (Lipinski definition) is 3. The highest BCUT2D eigenvalue weighted by atomic mass is 32.1. The highest BCUT2D eigenvalue weighted by Crippen LogP contribution is 2.40. The summed E-state index contributed by atoms with van der Waals surface area (Å²) in [6.07, 6.45) is 2.52. The molecule has 0 saturated heterocycles. The number of primary amides is 1. The second-order valence-electron chi connectivity index (χ2n) is 6.25. The van der Waals surface area contributed by atoms with Crippen LogP contribution in [-0.4, -0.2) is 34.9 Å². The summed E-state index contributed by atoms with van der Waals surface area (Å²) in [5, 5.41) is 3.24. The third-order valence-electron chi connectivity index (χ3n) is 4.45. The van der Waals surface area contributed by atoms with Gasteiger partial charge in [-0.1, -0.05) is 31.5 Å². The van der Waals surface area contributed by atoms with Crippen LogP contribution in [0.2, 0.25) is 0 Å². The van der Waals surface area contributed by atoms with Gasteiger partial charge in [0.15, 0.2) is 5.01 Å². The number of nitrogens with zero attached hydrogens (tertiary/aromatic N) is 2. The normalized spacial score (nSPS) is 16.2. The summed E-state index contributed by atoms with van der Waals surface area (Å²) in [6, 6.07) is 6.97. The fourth-order valence-corrected chi connectivity index (χ4v) is 4.22. The number of hydrogen-bond acceptors (Lipinski definition) is 5. The molecule has 0 aliphatic carbocycles. The van der Waals surface area contributed by atoms with Crippen molar-refractivity contribution in [2.45, 2.75) is 32.2 Å². The second kappa shape index (κ2) is 7.74. The predicted octanol–water partition coefficient (Wildman–Crippen LogP) is 2.28. The number of nitrogen functional groups attached to an aromatic ring is 1. The summed E-state index contributed by atoms with van der Waals surface area (Å²) in [5.74, 6) is -0.553. The predicted molar refractivity (Wildman–Crippen MR) is 102 cm³/mol. The number of amides is 3. The van der Waals surface area contributed by atoms with Gasteiger partial charge in [-0.3, -0.25) is 4.79 Å². The Morgan fingerprint density at radius 1 is 1.38 bits per heavy atom. The monoisotopic (exact) mass is 373 g/mol. The summed E-state index contributed by atoms with van der Waals surface area (Å²) < 4.78 is 0. The Balaban J connectivity index is 2.00. The molecule has 1 aromatic carbocycles. The van der Waals surface area contributed by atoms with E-state index in [0.29, 0.717) is 25.2 Å². The van der Waals surface area contributed by atoms with Gasteiger partial charge < -0.3 is 21.7 Å². The van der Waals surface area contributed by atoms with Gasteiger partial charge in [0, 0.05) is 30.8 Å². The Bertz CT molecular complexity index is 820. The van der Waals surface area contributed by atoms with E-state index in [4.69, 9.17) is 11.5 Å². The van der Waals surface area contributed by atoms with Crippen molar-refractivity contribution >= 4 is 29.0 Å². The van der Waals surface area contributed by atoms with Crippen LogP contribution >= 0.6 is 11.3 Å². The van der Waals surface area contributed by atoms with Gasteiger partial charge >= 0.3 is 6.03 Å². The molecule has 1 atom stereocenters. The van der Waals surface area contributed by atoms with E-state index in [2.05, 4.69) is 17.2 Å². The highest BCUT2D eigenvalue weighted by Gasteiger charge is 2.36. The van der Waals surface area contributed by atoms with E-state index in [1.165, 1.54) is 11.3 Å². The number of carbonyl (C=O) groups excluding carboxylic acids is 2. The standard InChI is InChI=1S/C18H23N5O2S/c1-2-3-9-21-18(25)23-10-8-13-15(26-17(22-13)16(20)24)14(23)11-6-4-5-7-12(11)19/h4-7,14H,2-3,8-10,19H2,1H3,(H2,20,24)(H,21,25). The molecule has 0 spiro atoms. The number of thiazole rings is 1. The lowest BCUT2D eigenvalue weighted by Gasteiger charge is -2.35. The molecule has 1 unspecified atom stereocenters. The lowest BCUT2D eigenvalue weighted by Crippen LogP contribution is -2.46. The minimum atomic E-state index is -0.553. The fraction of sp³-hybridized carbons (Fsp3) is 0.389. The first kappa shape index (κ1) is 18.2. The SMILES string of the molecule is CCCCNC(=O)N1CCc2nc(C(N)=O)sc2C1c1ccccc1N. The maximum Gasteiger partial charge on any atom is 0.318 e. The third kappa shape index (κ3) is 3.50. The van der Waals surface area contributed by atoms with Gasteiger partial charge in [-0.05, 0) is 12.5 Å². The molecule has 0 saturated carbocycles. The zero-order valence-corrected chi connectivity index (χ0v) is 15.5. The Kier molecular flexibility index (Phi) is 5.41. The number of anilines is 1. The van der Waals surface area contributed by atoms with E-state index in [0.717, 1.165) is 29.0 Å². The van der Waals surface area contributed by atoms with Crippen LogP contribution in [0.5, 0.6) is 0 Å². The fourth-order valence-electron chi connectivity index (χ4n) is 3.12. The maximum absolute atomic E-state index is 12.8. The van der Waals surface area contributed by atoms with E-state index in [1.807, 2.05) is 24.3 Å². The van der Waals surface area contributed by atoms with Gasteiger partial charge in [0.05, 0.1) is 16.6 Å². The van der Waals surface area contributed by atoms with Crippen LogP contribution in [-0.2, 0) is 6.42 Å². The smallest absolute Gasteiger partial charge is 0.318 e. The molecule has 26 heavy (non-hydrogen) atoms. The molecule has 1 aliphatic rings. The number of nitrogens with one attached hydrogen (secondary N) is 1. The van der Waals surface area contributed by atoms with Crippen molar-refractivity contribution in [1.82, 2.24) is 15.2 Å². The van der Waals surface area contributed by atoms with Crippen molar-refractivity contribution in [3.8, 4) is 0 Å². The maximum atomic E-state index is 12.8. The van der Waals surface area contributed by atoms with Crippen molar-refractivity contribution in [1.29, 1.82) is 0 Å². The number of carbonyl (C=O) groups is 2. The van der Waals surface area contributed by atoms with Gasteiger partial charge in [0.2, 0.25) is 0 Å². The van der Waals surface area contributed by atoms with Gasteiger partial charge in [-0.25, -0.2) is 9.78 Å². The first-order valence-electron chi connectivity index (χ1n) is 8.71. The van der Waals surface area contributed by atoms with Crippen molar-refractivity contribution < 1.29 is 9.59 Å². The average Bonchev–Trinajstić information content (AvgIpc) is 3.06. The zero-order valence-electron chi connectivity index (χ0n) is 14.7. The lowest BCUT2D eigenvalue weighted by molar-refractivity contribution is 0.0999. The minimum Gasteiger partial charge on any atom is -0.398 e. The quantitative estimate of drug-likeness (QED) is 0.551. The van der Waals surface area contributed by atoms with Crippen LogP contribution < -0.4 is 16.8 Å². The van der Waals surface area contributed by atoms with Crippen LogP contribution in [0.15, 0.2) is 24.3 Å². The van der Waals surface area contributed by atoms with Crippen LogP contribution in [0.3, 0.4) is 0 Å². The summed E-state index contributed by atoms with van der Waals surface area (Å²) in [6.45, 7) is 3.21. The van der Waals surface area contributed by atoms with E-state index < -0.39 is 5.91 Å². The zero-order chi connectivity index (χ0) is 18.7. The summed E-state index contributed by atoms with van der Waals surface area (Å²) >= 11 is 1.24. The average molecular weight is 373 g/mol. The second-order valence-corrected chi connectivity index (χ2v) is 7.29. The summed E-state index contributed by atoms with van der Waals surface area (Å²) in [5.41, 5.74) is 13.8. The third-order valence-corrected chi connectivity index (χ3v) is 5.61. The Morgan fingerprint density at radius 2 is 2.15 bits per heavy atom. The molecule has 0 fully saturated rings. The molecule has 5 N–H and O–H groups in total. The van der Waals surface area contributed by atoms with Crippen LogP contribution in [0.4, 0.5) is 10.5 Å². The van der Waals surface area contributed by atoms with Gasteiger partial charge in [-0.2, -0.15) is 0 Å². The number of unbranched alkanes of at least 4 members (excludes halogenated alkanes) is 1. The summed E-state index contributed by atoms with van der Waals surface area (Å²) in [4.78, 5) is 31.4. The number of fused-ring (bicyclic) bond motifs is 1. The van der Waals surface area contributed by atoms with E-state index >= 15 is 0 Å². The molecule has 7 nitrogen and oxygen atoms in total. The first-order chi connectivity index (χ1) is 12.5. The number of para-hydroxylation sites is 1. The molecule has 138 valence electrons. The Labute approximate surface area is 156 Å². The number of aromatic nitrogens is 1. The van der Waals surface area contributed by atoms with Crippen molar-refractivity contribution in [3.05, 3.63) is 45.4 Å². The van der Waals surface area contributed by atoms with Crippen molar-refractivity contribution in [2.75, 3.05) is 18.8 Å². The molecule has 0 radical (unpaired) electrons. The largest absolute Gasteiger partial charge is 0.398 e. The van der Waals surface area contributed by atoms with Gasteiger partial charge in [-0.15, -0.1) is 11.3 Å². The molecule has 2 aromatic rings. The molecule has 0 bridgehead atoms. The molecule has 3 amide bonds. The number of benzene rings is 1. The molecule has 8 heteroatoms. The Hall–Kier alpha value is -2.61. The summed E-state index contributed by atoms with van der Waals surface area (Å²) in [7, 11) is 0. The number of urea groups is 1. The van der Waals surface area contributed by atoms with Gasteiger partial charge in [0.25, 0.3) is 5.91 Å². The van der Waals surface area contributed by atoms with E-state index in [9.17, 15) is 9.59 Å². The van der Waals surface area contributed by atoms with Crippen LogP contribution in [0, 0.1) is 0 Å². The number of nitrogens with two attached hydrogens (primary N) is 2. The topological polar surface area (TPSA) is 114 Å². The van der Waals surface area contributed by atoms with Crippen LogP contribution in [0.25, 0.3) is 0 Å². The Morgan fingerprint density at radius 3 is 2.85 bits per heavy atom. The molecule has 1 aromatic heterocycles. The van der Waals surface area contributed by atoms with Crippen LogP contribution in [0.1, 0.15) is 51.7 Å². The first-order valence-corrected chi connectivity index (χ1v) is 9.52.